The maximum absolute atomic E-state index is 5.51. The van der Waals surface area contributed by atoms with Crippen LogP contribution in [0.25, 0.3) is 0 Å². The third kappa shape index (κ3) is 4.64. The van der Waals surface area contributed by atoms with E-state index in [4.69, 9.17) is 4.74 Å². The topological polar surface area (TPSA) is 56.1 Å². The summed E-state index contributed by atoms with van der Waals surface area (Å²) in [5.41, 5.74) is 1.16. The molecule has 0 spiro atoms. The van der Waals surface area contributed by atoms with Crippen LogP contribution in [0.5, 0.6) is 5.75 Å². The Morgan fingerprint density at radius 3 is 2.76 bits per heavy atom. The molecule has 0 radical (unpaired) electrons. The summed E-state index contributed by atoms with van der Waals surface area (Å²) in [5.74, 6) is 1.81. The van der Waals surface area contributed by atoms with Crippen molar-refractivity contribution in [2.24, 2.45) is 0 Å². The number of methoxy groups -OCH3 is 1. The Morgan fingerprint density at radius 1 is 1.12 bits per heavy atom. The molecule has 0 aliphatic heterocycles. The Bertz CT molecular complexity index is 771. The Kier molecular flexibility index (Phi) is 6.14. The van der Waals surface area contributed by atoms with Gasteiger partial charge in [-0.2, -0.15) is 0 Å². The lowest BCUT2D eigenvalue weighted by Gasteiger charge is -2.22. The lowest BCUT2D eigenvalue weighted by Crippen LogP contribution is -2.24. The normalized spacial score (nSPS) is 11.2. The first kappa shape index (κ1) is 17.6. The molecule has 0 bridgehead atoms. The third-order valence-electron chi connectivity index (χ3n) is 3.95. The minimum Gasteiger partial charge on any atom is -0.496 e. The van der Waals surface area contributed by atoms with Crippen molar-refractivity contribution in [3.05, 3.63) is 58.0 Å². The summed E-state index contributed by atoms with van der Waals surface area (Å²) in [4.78, 5) is 3.67. The molecule has 0 N–H and O–H groups in total. The number of hydrogen-bond acceptors (Lipinski definition) is 6. The van der Waals surface area contributed by atoms with Crippen LogP contribution in [0, 0.1) is 0 Å². The molecule has 0 unspecified atom stereocenters. The maximum Gasteiger partial charge on any atom is 0.165 e. The first-order valence-corrected chi connectivity index (χ1v) is 9.29. The van der Waals surface area contributed by atoms with Gasteiger partial charge in [0.1, 0.15) is 5.75 Å². The Labute approximate surface area is 152 Å². The molecule has 132 valence electrons. The first-order valence-electron chi connectivity index (χ1n) is 8.41. The molecule has 25 heavy (non-hydrogen) atoms. The van der Waals surface area contributed by atoms with Gasteiger partial charge >= 0.3 is 0 Å². The number of benzene rings is 1. The quantitative estimate of drug-likeness (QED) is 0.588. The standard InChI is InChI=1S/C18H23N5OS/c1-3-10-23-18(19-20-21-23)14-22(13-16-8-6-11-25-16)12-15-7-4-5-9-17(15)24-2/h4-9,11H,3,10,12-14H2,1-2H3. The van der Waals surface area contributed by atoms with Crippen molar-refractivity contribution in [3.8, 4) is 5.75 Å². The van der Waals surface area contributed by atoms with E-state index in [1.165, 1.54) is 4.88 Å². The van der Waals surface area contributed by atoms with E-state index in [9.17, 15) is 0 Å². The van der Waals surface area contributed by atoms with Gasteiger partial charge in [-0.1, -0.05) is 31.2 Å². The van der Waals surface area contributed by atoms with E-state index < -0.39 is 0 Å². The highest BCUT2D eigenvalue weighted by Crippen LogP contribution is 2.22. The van der Waals surface area contributed by atoms with Crippen LogP contribution < -0.4 is 4.74 Å². The summed E-state index contributed by atoms with van der Waals surface area (Å²) in [7, 11) is 1.71. The van der Waals surface area contributed by atoms with Crippen LogP contribution in [0.15, 0.2) is 41.8 Å². The lowest BCUT2D eigenvalue weighted by molar-refractivity contribution is 0.234. The third-order valence-corrected chi connectivity index (χ3v) is 4.81. The van der Waals surface area contributed by atoms with Crippen LogP contribution in [0.3, 0.4) is 0 Å². The number of ether oxygens (including phenoxy) is 1. The lowest BCUT2D eigenvalue weighted by atomic mass is 10.2. The number of nitrogens with zero attached hydrogens (tertiary/aromatic N) is 5. The van der Waals surface area contributed by atoms with Gasteiger partial charge in [-0.25, -0.2) is 4.68 Å². The van der Waals surface area contributed by atoms with E-state index in [-0.39, 0.29) is 0 Å². The van der Waals surface area contributed by atoms with Crippen LogP contribution in [0.1, 0.15) is 29.6 Å². The molecular weight excluding hydrogens is 334 g/mol. The number of thiophene rings is 1. The summed E-state index contributed by atoms with van der Waals surface area (Å²) in [6.45, 7) is 5.30. The minimum absolute atomic E-state index is 0.697. The molecule has 0 aliphatic carbocycles. The molecule has 7 heteroatoms. The average Bonchev–Trinajstić information content (AvgIpc) is 3.28. The first-order chi connectivity index (χ1) is 12.3. The Morgan fingerprint density at radius 2 is 2.00 bits per heavy atom. The average molecular weight is 357 g/mol. The summed E-state index contributed by atoms with van der Waals surface area (Å²) in [6, 6.07) is 12.4. The Balaban J connectivity index is 1.80. The zero-order valence-electron chi connectivity index (χ0n) is 14.6. The summed E-state index contributed by atoms with van der Waals surface area (Å²) in [6.07, 6.45) is 1.01. The second kappa shape index (κ2) is 8.73. The van der Waals surface area contributed by atoms with Gasteiger partial charge in [0.05, 0.1) is 13.7 Å². The number of tetrazole rings is 1. The molecule has 0 fully saturated rings. The molecule has 0 aliphatic rings. The highest BCUT2D eigenvalue weighted by atomic mass is 32.1. The van der Waals surface area contributed by atoms with Gasteiger partial charge in [-0.3, -0.25) is 4.90 Å². The molecule has 3 rings (SSSR count). The van der Waals surface area contributed by atoms with Crippen molar-refractivity contribution in [3.63, 3.8) is 0 Å². The van der Waals surface area contributed by atoms with E-state index in [0.717, 1.165) is 43.2 Å². The summed E-state index contributed by atoms with van der Waals surface area (Å²) in [5, 5.41) is 14.3. The molecule has 1 aromatic carbocycles. The largest absolute Gasteiger partial charge is 0.496 e. The van der Waals surface area contributed by atoms with Crippen LogP contribution >= 0.6 is 11.3 Å². The van der Waals surface area contributed by atoms with E-state index in [1.54, 1.807) is 18.4 Å². The van der Waals surface area contributed by atoms with E-state index >= 15 is 0 Å². The highest BCUT2D eigenvalue weighted by molar-refractivity contribution is 7.09. The maximum atomic E-state index is 5.51. The molecule has 0 amide bonds. The molecule has 6 nitrogen and oxygen atoms in total. The molecule has 0 atom stereocenters. The SMILES string of the molecule is CCCn1nnnc1CN(Cc1cccs1)Cc1ccccc1OC. The van der Waals surface area contributed by atoms with Crippen LogP contribution in [-0.4, -0.2) is 32.2 Å². The molecular formula is C18H23N5OS. The fraction of sp³-hybridized carbons (Fsp3) is 0.389. The van der Waals surface area contributed by atoms with Gasteiger partial charge in [0.25, 0.3) is 0 Å². The Hall–Kier alpha value is -2.25. The van der Waals surface area contributed by atoms with Crippen LogP contribution in [-0.2, 0) is 26.2 Å². The van der Waals surface area contributed by atoms with Crippen LogP contribution in [0.4, 0.5) is 0 Å². The van der Waals surface area contributed by atoms with E-state index in [2.05, 4.69) is 50.9 Å². The molecule has 3 aromatic rings. The highest BCUT2D eigenvalue weighted by Gasteiger charge is 2.15. The fourth-order valence-electron chi connectivity index (χ4n) is 2.79. The van der Waals surface area contributed by atoms with Crippen LogP contribution in [0.2, 0.25) is 0 Å². The van der Waals surface area contributed by atoms with Crippen molar-refractivity contribution >= 4 is 11.3 Å². The minimum atomic E-state index is 0.697. The number of aromatic nitrogens is 4. The summed E-state index contributed by atoms with van der Waals surface area (Å²) >= 11 is 1.77. The van der Waals surface area contributed by atoms with Crippen molar-refractivity contribution < 1.29 is 4.74 Å². The molecule has 2 heterocycles. The van der Waals surface area contributed by atoms with Crippen molar-refractivity contribution in [1.82, 2.24) is 25.1 Å². The molecule has 0 saturated carbocycles. The van der Waals surface area contributed by atoms with Gasteiger partial charge in [0.2, 0.25) is 0 Å². The predicted molar refractivity (Wildman–Crippen MR) is 98.4 cm³/mol. The fourth-order valence-corrected chi connectivity index (χ4v) is 3.53. The van der Waals surface area contributed by atoms with Crippen molar-refractivity contribution in [1.29, 1.82) is 0 Å². The smallest absolute Gasteiger partial charge is 0.165 e. The molecule has 2 aromatic heterocycles. The predicted octanol–water partition coefficient (Wildman–Crippen LogP) is 3.36. The monoisotopic (exact) mass is 357 g/mol. The van der Waals surface area contributed by atoms with Gasteiger partial charge in [0.15, 0.2) is 5.82 Å². The van der Waals surface area contributed by atoms with E-state index in [0.29, 0.717) is 6.54 Å². The van der Waals surface area contributed by atoms with Gasteiger partial charge in [-0.15, -0.1) is 16.4 Å². The van der Waals surface area contributed by atoms with Gasteiger partial charge in [0, 0.05) is 30.1 Å². The zero-order chi connectivity index (χ0) is 17.5. The number of aryl methyl sites for hydroxylation is 1. The molecule has 0 saturated heterocycles. The van der Waals surface area contributed by atoms with Gasteiger partial charge < -0.3 is 4.74 Å². The second-order valence-corrected chi connectivity index (χ2v) is 6.89. The van der Waals surface area contributed by atoms with Crippen molar-refractivity contribution in [2.75, 3.05) is 7.11 Å². The number of para-hydroxylation sites is 1. The summed E-state index contributed by atoms with van der Waals surface area (Å²) < 4.78 is 7.40. The van der Waals surface area contributed by atoms with E-state index in [1.807, 2.05) is 22.9 Å². The zero-order valence-corrected chi connectivity index (χ0v) is 15.4. The number of hydrogen-bond donors (Lipinski definition) is 0. The number of rotatable bonds is 9. The second-order valence-electron chi connectivity index (χ2n) is 5.85. The van der Waals surface area contributed by atoms with Gasteiger partial charge in [-0.05, 0) is 34.4 Å². The van der Waals surface area contributed by atoms with Crippen molar-refractivity contribution in [2.45, 2.75) is 39.5 Å².